The highest BCUT2D eigenvalue weighted by molar-refractivity contribution is 6.36. The summed E-state index contributed by atoms with van der Waals surface area (Å²) in [5, 5.41) is 4.72. The van der Waals surface area contributed by atoms with Crippen LogP contribution in [0, 0.1) is 27.7 Å². The van der Waals surface area contributed by atoms with Crippen molar-refractivity contribution < 1.29 is 35.8 Å². The number of anilines is 5. The first-order valence-electron chi connectivity index (χ1n) is 22.6. The minimum absolute atomic E-state index is 0.0127. The number of halogens is 7. The van der Waals surface area contributed by atoms with Crippen LogP contribution in [0.3, 0.4) is 0 Å². The summed E-state index contributed by atoms with van der Waals surface area (Å²) in [5.74, 6) is 0. The molecule has 4 aromatic carbocycles. The molecule has 6 aromatic rings. The number of hydrogen-bond acceptors (Lipinski definition) is 8. The van der Waals surface area contributed by atoms with Crippen LogP contribution in [-0.2, 0) is 32.7 Å². The van der Waals surface area contributed by atoms with Gasteiger partial charge < -0.3 is 29.5 Å². The van der Waals surface area contributed by atoms with E-state index in [0.29, 0.717) is 52.5 Å². The number of alkyl halides is 6. The van der Waals surface area contributed by atoms with Crippen LogP contribution < -0.4 is 20.0 Å². The summed E-state index contributed by atoms with van der Waals surface area (Å²) >= 11 is 6.05. The molecule has 0 radical (unpaired) electrons. The van der Waals surface area contributed by atoms with E-state index in [1.54, 1.807) is 32.9 Å². The summed E-state index contributed by atoms with van der Waals surface area (Å²) in [7, 11) is 0. The molecule has 0 aliphatic carbocycles. The third-order valence-corrected chi connectivity index (χ3v) is 14.0. The molecule has 6 heterocycles. The molecule has 4 aliphatic rings. The first kappa shape index (κ1) is 48.2. The van der Waals surface area contributed by atoms with Gasteiger partial charge in [-0.25, -0.2) is 0 Å². The third kappa shape index (κ3) is 9.58. The van der Waals surface area contributed by atoms with Crippen molar-refractivity contribution in [2.75, 3.05) is 85.7 Å². The highest BCUT2D eigenvalue weighted by Gasteiger charge is 2.40. The highest BCUT2D eigenvalue weighted by atomic mass is 35.5. The van der Waals surface area contributed by atoms with Gasteiger partial charge in [-0.05, 0) is 86.3 Å². The lowest BCUT2D eigenvalue weighted by Crippen LogP contribution is -2.36. The Labute approximate surface area is 393 Å². The first-order valence-corrected chi connectivity index (χ1v) is 23.0. The lowest BCUT2D eigenvalue weighted by Gasteiger charge is -2.30. The van der Waals surface area contributed by atoms with E-state index in [2.05, 4.69) is 94.1 Å². The van der Waals surface area contributed by atoms with Crippen LogP contribution in [0.5, 0.6) is 0 Å². The lowest BCUT2D eigenvalue weighted by atomic mass is 9.87. The predicted molar refractivity (Wildman–Crippen MR) is 258 cm³/mol. The Morgan fingerprint density at radius 1 is 0.612 bits per heavy atom. The molecule has 0 spiro atoms. The maximum Gasteiger partial charge on any atom is 0.418 e. The van der Waals surface area contributed by atoms with Gasteiger partial charge in [-0.1, -0.05) is 75.7 Å². The van der Waals surface area contributed by atoms with Crippen LogP contribution in [0.25, 0.3) is 21.8 Å². The normalized spacial score (nSPS) is 17.6. The Morgan fingerprint density at radius 2 is 1.10 bits per heavy atom. The molecule has 0 bridgehead atoms. The fraction of sp³-hybridized carbons (Fsp3) is 0.423. The average Bonchev–Trinajstić information content (AvgIpc) is 3.75. The van der Waals surface area contributed by atoms with Crippen molar-refractivity contribution in [2.45, 2.75) is 78.6 Å². The van der Waals surface area contributed by atoms with Crippen LogP contribution in [0.4, 0.5) is 54.8 Å². The van der Waals surface area contributed by atoms with Gasteiger partial charge in [-0.3, -0.25) is 9.97 Å². The zero-order chi connectivity index (χ0) is 48.2. The molecule has 10 rings (SSSR count). The fourth-order valence-electron chi connectivity index (χ4n) is 9.54. The summed E-state index contributed by atoms with van der Waals surface area (Å²) in [6.07, 6.45) is -8.88. The number of morpholine rings is 2. The maximum absolute atomic E-state index is 13.8. The molecule has 15 heteroatoms. The summed E-state index contributed by atoms with van der Waals surface area (Å²) in [4.78, 5) is 15.3. The van der Waals surface area contributed by atoms with Gasteiger partial charge in [0, 0.05) is 95.0 Å². The molecule has 2 aromatic heterocycles. The van der Waals surface area contributed by atoms with Gasteiger partial charge in [0.2, 0.25) is 0 Å². The number of aryl methyl sites for hydroxylation is 2. The summed E-state index contributed by atoms with van der Waals surface area (Å²) in [5.41, 5.74) is 9.59. The summed E-state index contributed by atoms with van der Waals surface area (Å²) in [6, 6.07) is 21.6. The molecule has 0 amide bonds. The second-order valence-corrected chi connectivity index (χ2v) is 19.4. The smallest absolute Gasteiger partial charge is 0.384 e. The molecule has 4 aliphatic heterocycles. The van der Waals surface area contributed by atoms with E-state index in [4.69, 9.17) is 21.1 Å². The third-order valence-electron chi connectivity index (χ3n) is 13.5. The molecule has 0 saturated carbocycles. The molecular weight excluding hydrogens is 890 g/mol. The second kappa shape index (κ2) is 18.3. The SMILES string of the molecule is CC1(C)CNc2cc(N3CCOCC3)ccc21.Cc1nc2c(C(F)(F)F)cccc2c(Cl)c1C.Cc1nc2c(C(F)(F)F)cccc2c(N2CC(C)(C)c3ccc(N4CCOCC4)cc32)c1C. The van der Waals surface area contributed by atoms with Crippen molar-refractivity contribution in [1.82, 2.24) is 9.97 Å². The number of aromatic nitrogens is 2. The number of nitrogens with one attached hydrogen (secondary N) is 1. The van der Waals surface area contributed by atoms with Gasteiger partial charge in [0.25, 0.3) is 0 Å². The number of nitrogens with zero attached hydrogens (tertiary/aromatic N) is 5. The molecule has 1 N–H and O–H groups in total. The minimum atomic E-state index is -4.46. The van der Waals surface area contributed by atoms with Crippen LogP contribution in [0.15, 0.2) is 72.8 Å². The summed E-state index contributed by atoms with van der Waals surface area (Å²) in [6.45, 7) is 24.5. The van der Waals surface area contributed by atoms with E-state index in [0.717, 1.165) is 80.7 Å². The number of rotatable bonds is 3. The van der Waals surface area contributed by atoms with Crippen molar-refractivity contribution in [3.63, 3.8) is 0 Å². The van der Waals surface area contributed by atoms with Crippen molar-refractivity contribution >= 4 is 61.8 Å². The number of ether oxygens (including phenoxy) is 2. The lowest BCUT2D eigenvalue weighted by molar-refractivity contribution is -0.137. The second-order valence-electron chi connectivity index (χ2n) is 19.0. The van der Waals surface area contributed by atoms with Gasteiger partial charge in [0.15, 0.2) is 0 Å². The van der Waals surface area contributed by atoms with Crippen molar-refractivity contribution in [1.29, 1.82) is 0 Å². The number of pyridine rings is 2. The average molecular weight is 948 g/mol. The van der Waals surface area contributed by atoms with Crippen LogP contribution >= 0.6 is 11.6 Å². The topological polar surface area (TPSA) is 66.0 Å². The number of fused-ring (bicyclic) bond motifs is 4. The zero-order valence-electron chi connectivity index (χ0n) is 39.2. The maximum atomic E-state index is 13.8. The van der Waals surface area contributed by atoms with Gasteiger partial charge in [0.05, 0.1) is 59.3 Å². The molecule has 67 heavy (non-hydrogen) atoms. The molecular formula is C52H57ClF6N6O2. The number of hydrogen-bond donors (Lipinski definition) is 1. The summed E-state index contributed by atoms with van der Waals surface area (Å²) < 4.78 is 90.7. The monoisotopic (exact) mass is 946 g/mol. The molecule has 2 saturated heterocycles. The Morgan fingerprint density at radius 3 is 1.66 bits per heavy atom. The number of para-hydroxylation sites is 2. The van der Waals surface area contributed by atoms with Crippen molar-refractivity contribution in [2.24, 2.45) is 0 Å². The van der Waals surface area contributed by atoms with E-state index >= 15 is 0 Å². The largest absolute Gasteiger partial charge is 0.418 e. The molecule has 0 unspecified atom stereocenters. The first-order chi connectivity index (χ1) is 31.6. The minimum Gasteiger partial charge on any atom is -0.384 e. The van der Waals surface area contributed by atoms with E-state index in [1.807, 2.05) is 6.92 Å². The quantitative estimate of drug-likeness (QED) is 0.176. The van der Waals surface area contributed by atoms with Gasteiger partial charge >= 0.3 is 12.4 Å². The van der Waals surface area contributed by atoms with Crippen molar-refractivity contribution in [3.05, 3.63) is 123 Å². The van der Waals surface area contributed by atoms with E-state index in [-0.39, 0.29) is 21.9 Å². The van der Waals surface area contributed by atoms with E-state index in [9.17, 15) is 26.3 Å². The van der Waals surface area contributed by atoms with Crippen LogP contribution in [0.2, 0.25) is 5.02 Å². The Hall–Kier alpha value is -5.31. The zero-order valence-corrected chi connectivity index (χ0v) is 40.0. The Kier molecular flexibility index (Phi) is 13.2. The van der Waals surface area contributed by atoms with Crippen LogP contribution in [-0.4, -0.2) is 75.7 Å². The predicted octanol–water partition coefficient (Wildman–Crippen LogP) is 12.9. The highest BCUT2D eigenvalue weighted by Crippen LogP contribution is 2.50. The molecule has 0 atom stereocenters. The Balaban J connectivity index is 0.000000150. The van der Waals surface area contributed by atoms with Gasteiger partial charge in [-0.15, -0.1) is 0 Å². The van der Waals surface area contributed by atoms with Crippen molar-refractivity contribution in [3.8, 4) is 0 Å². The van der Waals surface area contributed by atoms with Gasteiger partial charge in [0.1, 0.15) is 0 Å². The standard InChI is InChI=1S/C26H28F3N3O.C14H20N2O.C12H9ClF3N/c1-16-17(2)30-23-19(6-5-7-21(23)26(27,28)29)24(16)32-15-25(3,4)20-9-8-18(14-22(20)32)31-10-12-33-13-11-31;1-14(2)10-15-13-9-11(3-4-12(13)14)16-5-7-17-8-6-16;1-6-7(2)17-11-8(10(6)13)4-3-5-9(11)12(14,15)16/h5-9,14H,10-13,15H2,1-4H3;3-4,9,15H,5-8,10H2,1-2H3;3-5H,1-2H3. The molecule has 8 nitrogen and oxygen atoms in total. The Bertz CT molecular complexity index is 2820. The molecule has 356 valence electrons. The van der Waals surface area contributed by atoms with Crippen LogP contribution in [0.1, 0.15) is 72.5 Å². The number of benzene rings is 4. The molecule has 2 fully saturated rings. The fourth-order valence-corrected chi connectivity index (χ4v) is 9.83. The van der Waals surface area contributed by atoms with Gasteiger partial charge in [-0.2, -0.15) is 26.3 Å². The van der Waals surface area contributed by atoms with E-state index in [1.165, 1.54) is 34.6 Å². The van der Waals surface area contributed by atoms with E-state index < -0.39 is 23.5 Å².